The van der Waals surface area contributed by atoms with Gasteiger partial charge < -0.3 is 19.3 Å². The maximum absolute atomic E-state index is 10.6. The zero-order valence-corrected chi connectivity index (χ0v) is 8.36. The average molecular weight is 192 g/mol. The molecule has 0 aromatic rings. The van der Waals surface area contributed by atoms with Crippen molar-refractivity contribution >= 4 is 5.97 Å². The molecule has 0 radical (unpaired) electrons. The Kier molecular flexibility index (Phi) is 4.90. The van der Waals surface area contributed by atoms with E-state index in [0.717, 1.165) is 0 Å². The van der Waals surface area contributed by atoms with Crippen LogP contribution in [-0.4, -0.2) is 44.3 Å². The molecular weight excluding hydrogens is 176 g/mol. The molecule has 0 aliphatic heterocycles. The van der Waals surface area contributed by atoms with Gasteiger partial charge in [0.25, 0.3) is 0 Å². The number of rotatable bonds is 6. The number of ether oxygens (including phenoxy) is 3. The Morgan fingerprint density at radius 2 is 1.85 bits per heavy atom. The molecule has 0 spiro atoms. The number of methoxy groups -OCH3 is 3. The molecular formula is C8H16O5. The molecule has 5 heteroatoms. The molecule has 13 heavy (non-hydrogen) atoms. The number of hydrogen-bond acceptors (Lipinski definition) is 4. The molecule has 0 saturated carbocycles. The molecule has 0 aromatic heterocycles. The van der Waals surface area contributed by atoms with E-state index >= 15 is 0 Å². The van der Waals surface area contributed by atoms with Crippen molar-refractivity contribution in [2.45, 2.75) is 25.2 Å². The van der Waals surface area contributed by atoms with Crippen molar-refractivity contribution in [1.29, 1.82) is 0 Å². The normalized spacial score (nSPS) is 14.2. The third-order valence-electron chi connectivity index (χ3n) is 1.98. The van der Waals surface area contributed by atoms with Crippen molar-refractivity contribution in [3.8, 4) is 0 Å². The molecule has 0 fully saturated rings. The van der Waals surface area contributed by atoms with Crippen LogP contribution in [0.2, 0.25) is 0 Å². The monoisotopic (exact) mass is 192 g/mol. The summed E-state index contributed by atoms with van der Waals surface area (Å²) in [4.78, 5) is 10.6. The fourth-order valence-electron chi connectivity index (χ4n) is 0.858. The Labute approximate surface area is 77.6 Å². The number of carbonyl (C=O) groups is 1. The minimum atomic E-state index is -1.03. The van der Waals surface area contributed by atoms with Crippen molar-refractivity contribution < 1.29 is 24.1 Å². The molecule has 0 aliphatic rings. The Balaban J connectivity index is 4.27. The van der Waals surface area contributed by atoms with Gasteiger partial charge in [-0.3, -0.25) is 0 Å². The maximum atomic E-state index is 10.6. The summed E-state index contributed by atoms with van der Waals surface area (Å²) in [6.07, 6.45) is -0.767. The summed E-state index contributed by atoms with van der Waals surface area (Å²) in [6.45, 7) is 1.65. The van der Waals surface area contributed by atoms with Crippen LogP contribution < -0.4 is 0 Å². The molecule has 0 saturated heterocycles. The first-order valence-electron chi connectivity index (χ1n) is 3.85. The number of carboxylic acid groups (broad SMARTS) is 1. The summed E-state index contributed by atoms with van der Waals surface area (Å²) in [7, 11) is 4.25. The number of carboxylic acids is 1. The van der Waals surface area contributed by atoms with Crippen LogP contribution in [0, 0.1) is 0 Å². The smallest absolute Gasteiger partial charge is 0.333 e. The van der Waals surface area contributed by atoms with Gasteiger partial charge in [0.2, 0.25) is 0 Å². The predicted molar refractivity (Wildman–Crippen MR) is 45.5 cm³/mol. The number of aliphatic carboxylic acids is 1. The highest BCUT2D eigenvalue weighted by Gasteiger charge is 2.31. The predicted octanol–water partition coefficient (Wildman–Crippen LogP) is 0.485. The minimum Gasteiger partial charge on any atom is -0.479 e. The molecule has 0 aromatic carbocycles. The quantitative estimate of drug-likeness (QED) is 0.620. The molecule has 0 aliphatic carbocycles. The average Bonchev–Trinajstić information content (AvgIpc) is 2.13. The van der Waals surface area contributed by atoms with E-state index in [1.807, 2.05) is 0 Å². The Bertz CT molecular complexity index is 164. The largest absolute Gasteiger partial charge is 0.479 e. The van der Waals surface area contributed by atoms with Crippen LogP contribution in [0.15, 0.2) is 0 Å². The van der Waals surface area contributed by atoms with Gasteiger partial charge in [0, 0.05) is 27.8 Å². The third-order valence-corrected chi connectivity index (χ3v) is 1.98. The highest BCUT2D eigenvalue weighted by atomic mass is 16.7. The van der Waals surface area contributed by atoms with E-state index < -0.39 is 17.9 Å². The van der Waals surface area contributed by atoms with Gasteiger partial charge in [0.05, 0.1) is 0 Å². The van der Waals surface area contributed by atoms with Gasteiger partial charge in [-0.1, -0.05) is 0 Å². The van der Waals surface area contributed by atoms with Gasteiger partial charge in [-0.15, -0.1) is 0 Å². The Hall–Kier alpha value is -0.650. The molecule has 0 rings (SSSR count). The van der Waals surface area contributed by atoms with Gasteiger partial charge in [0.15, 0.2) is 11.9 Å². The summed E-state index contributed by atoms with van der Waals surface area (Å²) in [6, 6.07) is 0. The fraction of sp³-hybridized carbons (Fsp3) is 0.875. The van der Waals surface area contributed by atoms with Gasteiger partial charge >= 0.3 is 5.97 Å². The van der Waals surface area contributed by atoms with Crippen LogP contribution in [0.1, 0.15) is 13.3 Å². The topological polar surface area (TPSA) is 65.0 Å². The van der Waals surface area contributed by atoms with Gasteiger partial charge in [-0.05, 0) is 6.92 Å². The van der Waals surface area contributed by atoms with Gasteiger partial charge in [0.1, 0.15) is 0 Å². The molecule has 5 nitrogen and oxygen atoms in total. The van der Waals surface area contributed by atoms with E-state index in [9.17, 15) is 4.79 Å². The summed E-state index contributed by atoms with van der Waals surface area (Å²) in [5.41, 5.74) is 0. The van der Waals surface area contributed by atoms with E-state index in [1.165, 1.54) is 21.3 Å². The van der Waals surface area contributed by atoms with Crippen LogP contribution in [0.5, 0.6) is 0 Å². The van der Waals surface area contributed by atoms with Crippen LogP contribution >= 0.6 is 0 Å². The molecule has 0 heterocycles. The van der Waals surface area contributed by atoms with Crippen LogP contribution in [0.25, 0.3) is 0 Å². The summed E-state index contributed by atoms with van der Waals surface area (Å²) in [5.74, 6) is -1.94. The van der Waals surface area contributed by atoms with Crippen molar-refractivity contribution in [2.75, 3.05) is 21.3 Å². The molecule has 78 valence electrons. The molecule has 1 atom stereocenters. The van der Waals surface area contributed by atoms with Crippen molar-refractivity contribution in [3.63, 3.8) is 0 Å². The minimum absolute atomic E-state index is 0.145. The molecule has 0 bridgehead atoms. The molecule has 0 amide bonds. The van der Waals surface area contributed by atoms with Gasteiger partial charge in [-0.2, -0.15) is 0 Å². The zero-order valence-electron chi connectivity index (χ0n) is 8.36. The first-order chi connectivity index (χ1) is 5.99. The number of hydrogen-bond donors (Lipinski definition) is 1. The van der Waals surface area contributed by atoms with E-state index in [1.54, 1.807) is 6.92 Å². The van der Waals surface area contributed by atoms with Crippen LogP contribution in [0.3, 0.4) is 0 Å². The highest BCUT2D eigenvalue weighted by molar-refractivity contribution is 5.72. The molecule has 1 unspecified atom stereocenters. The van der Waals surface area contributed by atoms with Crippen molar-refractivity contribution in [2.24, 2.45) is 0 Å². The lowest BCUT2D eigenvalue weighted by atomic mass is 10.1. The summed E-state index contributed by atoms with van der Waals surface area (Å²) < 4.78 is 14.8. The van der Waals surface area contributed by atoms with E-state index in [2.05, 4.69) is 0 Å². The second-order valence-corrected chi connectivity index (χ2v) is 2.81. The fourth-order valence-corrected chi connectivity index (χ4v) is 0.858. The lowest BCUT2D eigenvalue weighted by Gasteiger charge is -2.28. The lowest BCUT2D eigenvalue weighted by molar-refractivity contribution is -0.214. The third kappa shape index (κ3) is 3.71. The molecule has 1 N–H and O–H groups in total. The zero-order chi connectivity index (χ0) is 10.5. The van der Waals surface area contributed by atoms with E-state index in [4.69, 9.17) is 19.3 Å². The summed E-state index contributed by atoms with van der Waals surface area (Å²) in [5, 5.41) is 8.69. The highest BCUT2D eigenvalue weighted by Crippen LogP contribution is 2.18. The van der Waals surface area contributed by atoms with Crippen LogP contribution in [-0.2, 0) is 19.0 Å². The van der Waals surface area contributed by atoms with Gasteiger partial charge in [-0.25, -0.2) is 4.79 Å². The first kappa shape index (κ1) is 12.3. The Morgan fingerprint density at radius 3 is 2.08 bits per heavy atom. The van der Waals surface area contributed by atoms with Crippen molar-refractivity contribution in [3.05, 3.63) is 0 Å². The summed E-state index contributed by atoms with van der Waals surface area (Å²) >= 11 is 0. The van der Waals surface area contributed by atoms with E-state index in [0.29, 0.717) is 0 Å². The Morgan fingerprint density at radius 1 is 1.38 bits per heavy atom. The van der Waals surface area contributed by atoms with E-state index in [-0.39, 0.29) is 6.42 Å². The SMILES string of the molecule is COC(CC(C)(OC)OC)C(=O)O. The second-order valence-electron chi connectivity index (χ2n) is 2.81. The second kappa shape index (κ2) is 5.16. The first-order valence-corrected chi connectivity index (χ1v) is 3.85. The van der Waals surface area contributed by atoms with Crippen LogP contribution in [0.4, 0.5) is 0 Å². The maximum Gasteiger partial charge on any atom is 0.333 e. The lowest BCUT2D eigenvalue weighted by Crippen LogP contribution is -2.38. The standard InChI is InChI=1S/C8H16O5/c1-8(12-3,13-4)5-6(11-2)7(9)10/h6H,5H2,1-4H3,(H,9,10). The van der Waals surface area contributed by atoms with Crippen molar-refractivity contribution in [1.82, 2.24) is 0 Å².